The molecule has 5 heteroatoms. The number of nitrogens with zero attached hydrogens (tertiary/aromatic N) is 1. The molecular weight excluding hydrogens is 350 g/mol. The van der Waals surface area contributed by atoms with Crippen LogP contribution in [-0.4, -0.2) is 24.4 Å². The summed E-state index contributed by atoms with van der Waals surface area (Å²) >= 11 is 0. The second-order valence-corrected chi connectivity index (χ2v) is 6.72. The fourth-order valence-electron chi connectivity index (χ4n) is 3.27. The van der Waals surface area contributed by atoms with Gasteiger partial charge in [-0.1, -0.05) is 42.0 Å². The number of aryl methyl sites for hydroxylation is 1. The smallest absolute Gasteiger partial charge is 0.164 e. The zero-order valence-corrected chi connectivity index (χ0v) is 16.7. The van der Waals surface area contributed by atoms with Crippen molar-refractivity contribution < 1.29 is 9.47 Å². The molecule has 1 aromatic heterocycles. The predicted molar refractivity (Wildman–Crippen MR) is 113 cm³/mol. The number of allylic oxidation sites excluding steroid dienone is 1. The van der Waals surface area contributed by atoms with Crippen LogP contribution in [0.3, 0.4) is 0 Å². The normalized spacial score (nSPS) is 10.7. The topological polar surface area (TPSA) is 59.2 Å². The summed E-state index contributed by atoms with van der Waals surface area (Å²) in [7, 11) is 3.32. The van der Waals surface area contributed by atoms with E-state index in [4.69, 9.17) is 9.47 Å². The lowest BCUT2D eigenvalue weighted by Crippen LogP contribution is -2.13. The highest BCUT2D eigenvalue weighted by Gasteiger charge is 2.12. The van der Waals surface area contributed by atoms with Crippen LogP contribution in [0.2, 0.25) is 0 Å². The Morgan fingerprint density at radius 1 is 1.07 bits per heavy atom. The summed E-state index contributed by atoms with van der Waals surface area (Å²) in [5, 5.41) is 10.8. The fraction of sp³-hybridized carbons (Fsp3) is 0.261. The van der Waals surface area contributed by atoms with Gasteiger partial charge in [-0.25, -0.2) is 0 Å². The lowest BCUT2D eigenvalue weighted by Gasteiger charge is -2.15. The van der Waals surface area contributed by atoms with Crippen molar-refractivity contribution in [1.29, 1.82) is 0 Å². The summed E-state index contributed by atoms with van der Waals surface area (Å²) in [4.78, 5) is 0. The number of ether oxygens (including phenoxy) is 2. The first-order chi connectivity index (χ1) is 13.7. The number of methoxy groups -OCH3 is 2. The maximum absolute atomic E-state index is 5.51. The van der Waals surface area contributed by atoms with Crippen molar-refractivity contribution in [3.05, 3.63) is 77.5 Å². The molecule has 0 bridgehead atoms. The highest BCUT2D eigenvalue weighted by atomic mass is 16.5. The number of hydrogen-bond acceptors (Lipinski definition) is 4. The van der Waals surface area contributed by atoms with Gasteiger partial charge in [0.05, 0.1) is 26.1 Å². The first-order valence-electron chi connectivity index (χ1n) is 9.31. The van der Waals surface area contributed by atoms with Crippen molar-refractivity contribution in [3.63, 3.8) is 0 Å². The quantitative estimate of drug-likeness (QED) is 0.542. The van der Waals surface area contributed by atoms with Crippen molar-refractivity contribution in [2.75, 3.05) is 14.2 Å². The van der Waals surface area contributed by atoms with Crippen molar-refractivity contribution in [1.82, 2.24) is 15.5 Å². The summed E-state index contributed by atoms with van der Waals surface area (Å²) in [5.41, 5.74) is 6.76. The minimum absolute atomic E-state index is 0.711. The summed E-state index contributed by atoms with van der Waals surface area (Å²) < 4.78 is 11.0. The highest BCUT2D eigenvalue weighted by molar-refractivity contribution is 5.62. The maximum atomic E-state index is 5.51. The Hall–Kier alpha value is -3.05. The molecule has 2 N–H and O–H groups in total. The fourth-order valence-corrected chi connectivity index (χ4v) is 3.27. The van der Waals surface area contributed by atoms with Gasteiger partial charge in [0.2, 0.25) is 0 Å². The Balaban J connectivity index is 1.72. The number of aromatic amines is 1. The minimum atomic E-state index is 0.711. The molecule has 0 aliphatic carbocycles. The lowest BCUT2D eigenvalue weighted by atomic mass is 10.0. The molecule has 0 spiro atoms. The summed E-state index contributed by atoms with van der Waals surface area (Å²) in [6.07, 6.45) is 4.47. The molecule has 0 atom stereocenters. The number of nitrogens with one attached hydrogen (secondary N) is 2. The first-order valence-corrected chi connectivity index (χ1v) is 9.31. The van der Waals surface area contributed by atoms with E-state index in [9.17, 15) is 0 Å². The zero-order chi connectivity index (χ0) is 19.9. The molecule has 0 saturated carbocycles. The molecule has 0 aliphatic rings. The maximum Gasteiger partial charge on any atom is 0.164 e. The Morgan fingerprint density at radius 2 is 1.86 bits per heavy atom. The molecule has 2 aromatic carbocycles. The van der Waals surface area contributed by atoms with E-state index in [1.807, 2.05) is 18.3 Å². The van der Waals surface area contributed by atoms with Crippen LogP contribution in [0.1, 0.15) is 22.3 Å². The molecule has 0 saturated heterocycles. The third-order valence-electron chi connectivity index (χ3n) is 4.68. The molecule has 0 radical (unpaired) electrons. The molecule has 0 fully saturated rings. The van der Waals surface area contributed by atoms with Gasteiger partial charge in [0.25, 0.3) is 0 Å². The van der Waals surface area contributed by atoms with E-state index in [1.165, 1.54) is 5.56 Å². The van der Waals surface area contributed by atoms with Crippen LogP contribution in [0, 0.1) is 6.92 Å². The highest BCUT2D eigenvalue weighted by Crippen LogP contribution is 2.33. The average molecular weight is 377 g/mol. The van der Waals surface area contributed by atoms with E-state index < -0.39 is 0 Å². The third kappa shape index (κ3) is 4.43. The van der Waals surface area contributed by atoms with Crippen LogP contribution >= 0.6 is 0 Å². The Bertz CT molecular complexity index is 930. The second kappa shape index (κ2) is 9.24. The van der Waals surface area contributed by atoms with Gasteiger partial charge in [0, 0.05) is 24.2 Å². The van der Waals surface area contributed by atoms with Gasteiger partial charge < -0.3 is 14.8 Å². The zero-order valence-electron chi connectivity index (χ0n) is 16.7. The molecule has 5 nitrogen and oxygen atoms in total. The SMILES string of the molecule is C=CCc1cc(CNCc2cn[nH]c2-c2ccc(C)cc2)cc(OC)c1OC. The molecule has 28 heavy (non-hydrogen) atoms. The number of H-pyrrole nitrogens is 1. The van der Waals surface area contributed by atoms with E-state index in [0.717, 1.165) is 45.9 Å². The summed E-state index contributed by atoms with van der Waals surface area (Å²) in [6.45, 7) is 7.34. The number of hydrogen-bond donors (Lipinski definition) is 2. The molecule has 3 aromatic rings. The van der Waals surface area contributed by atoms with Gasteiger partial charge in [0.15, 0.2) is 11.5 Å². The van der Waals surface area contributed by atoms with Gasteiger partial charge in [-0.05, 0) is 30.5 Å². The molecule has 1 heterocycles. The average Bonchev–Trinajstić information content (AvgIpc) is 3.17. The molecule has 3 rings (SSSR count). The minimum Gasteiger partial charge on any atom is -0.493 e. The molecule has 0 unspecified atom stereocenters. The molecule has 146 valence electrons. The second-order valence-electron chi connectivity index (χ2n) is 6.72. The third-order valence-corrected chi connectivity index (χ3v) is 4.68. The predicted octanol–water partition coefficient (Wildman–Crippen LogP) is 4.42. The van der Waals surface area contributed by atoms with Gasteiger partial charge in [-0.3, -0.25) is 5.10 Å². The Labute approximate surface area is 166 Å². The van der Waals surface area contributed by atoms with Crippen LogP contribution in [-0.2, 0) is 19.5 Å². The van der Waals surface area contributed by atoms with Crippen LogP contribution in [0.25, 0.3) is 11.3 Å². The van der Waals surface area contributed by atoms with E-state index in [0.29, 0.717) is 13.1 Å². The molecule has 0 aliphatic heterocycles. The largest absolute Gasteiger partial charge is 0.493 e. The van der Waals surface area contributed by atoms with Crippen LogP contribution < -0.4 is 14.8 Å². The van der Waals surface area contributed by atoms with Gasteiger partial charge in [-0.15, -0.1) is 6.58 Å². The van der Waals surface area contributed by atoms with Crippen LogP contribution in [0.5, 0.6) is 11.5 Å². The Kier molecular flexibility index (Phi) is 6.50. The number of rotatable bonds is 9. The monoisotopic (exact) mass is 377 g/mol. The van der Waals surface area contributed by atoms with Gasteiger partial charge in [0.1, 0.15) is 0 Å². The van der Waals surface area contributed by atoms with Crippen molar-refractivity contribution in [2.24, 2.45) is 0 Å². The molecular formula is C23H27N3O2. The number of aromatic nitrogens is 2. The number of benzene rings is 2. The van der Waals surface area contributed by atoms with Crippen molar-refractivity contribution in [3.8, 4) is 22.8 Å². The lowest BCUT2D eigenvalue weighted by molar-refractivity contribution is 0.351. The van der Waals surface area contributed by atoms with E-state index in [1.54, 1.807) is 14.2 Å². The van der Waals surface area contributed by atoms with E-state index in [2.05, 4.69) is 59.3 Å². The van der Waals surface area contributed by atoms with Crippen molar-refractivity contribution >= 4 is 0 Å². The van der Waals surface area contributed by atoms with E-state index >= 15 is 0 Å². The van der Waals surface area contributed by atoms with Gasteiger partial charge in [-0.2, -0.15) is 5.10 Å². The standard InChI is InChI=1S/C23H27N3O2/c1-5-6-19-11-17(12-21(27-3)23(19)28-4)13-24-14-20-15-25-26-22(20)18-9-7-16(2)8-10-18/h5,7-12,15,24H,1,6,13-14H2,2-4H3,(H,25,26). The summed E-state index contributed by atoms with van der Waals surface area (Å²) in [5.74, 6) is 1.50. The Morgan fingerprint density at radius 3 is 2.54 bits per heavy atom. The summed E-state index contributed by atoms with van der Waals surface area (Å²) in [6, 6.07) is 12.6. The van der Waals surface area contributed by atoms with E-state index in [-0.39, 0.29) is 0 Å². The van der Waals surface area contributed by atoms with Crippen LogP contribution in [0.15, 0.2) is 55.3 Å². The van der Waals surface area contributed by atoms with Gasteiger partial charge >= 0.3 is 0 Å². The van der Waals surface area contributed by atoms with Crippen molar-refractivity contribution in [2.45, 2.75) is 26.4 Å². The van der Waals surface area contributed by atoms with Crippen LogP contribution in [0.4, 0.5) is 0 Å². The first kappa shape index (κ1) is 19.7. The molecule has 0 amide bonds.